The molecule has 0 fully saturated rings. The Morgan fingerprint density at radius 1 is 1.20 bits per heavy atom. The van der Waals surface area contributed by atoms with Gasteiger partial charge in [0.05, 0.1) is 12.2 Å². The van der Waals surface area contributed by atoms with Gasteiger partial charge in [0.1, 0.15) is 18.9 Å². The molecule has 2 N–H and O–H groups in total. The van der Waals surface area contributed by atoms with Crippen molar-refractivity contribution >= 4 is 17.4 Å². The van der Waals surface area contributed by atoms with Crippen LogP contribution >= 0.6 is 0 Å². The van der Waals surface area contributed by atoms with E-state index in [4.69, 9.17) is 9.47 Å². The normalized spacial score (nSPS) is 12.8. The third kappa shape index (κ3) is 3.35. The Kier molecular flexibility index (Phi) is 3.89. The molecule has 3 aromatic rings. The van der Waals surface area contributed by atoms with Gasteiger partial charge in [0.25, 0.3) is 0 Å². The highest BCUT2D eigenvalue weighted by molar-refractivity contribution is 5.89. The number of hydrogen-bond donors (Lipinski definition) is 2. The molecule has 1 aromatic carbocycles. The van der Waals surface area contributed by atoms with Crippen LogP contribution in [0.4, 0.5) is 10.5 Å². The molecule has 0 atom stereocenters. The lowest BCUT2D eigenvalue weighted by atomic mass is 10.2. The number of nitrogens with zero attached hydrogens (tertiary/aromatic N) is 2. The van der Waals surface area contributed by atoms with E-state index in [1.807, 2.05) is 35.9 Å². The van der Waals surface area contributed by atoms with Crippen LogP contribution in [0.2, 0.25) is 0 Å². The number of aryl methyl sites for hydroxylation is 1. The van der Waals surface area contributed by atoms with Gasteiger partial charge in [0, 0.05) is 24.1 Å². The first-order valence-corrected chi connectivity index (χ1v) is 8.06. The molecule has 0 spiro atoms. The predicted molar refractivity (Wildman–Crippen MR) is 93.2 cm³/mol. The van der Waals surface area contributed by atoms with Crippen LogP contribution in [0.5, 0.6) is 11.5 Å². The maximum atomic E-state index is 12.1. The lowest BCUT2D eigenvalue weighted by Gasteiger charge is -2.19. The number of urea groups is 1. The molecule has 0 aliphatic carbocycles. The Hall–Kier alpha value is -3.22. The van der Waals surface area contributed by atoms with E-state index < -0.39 is 0 Å². The number of rotatable bonds is 3. The van der Waals surface area contributed by atoms with Crippen LogP contribution in [0.1, 0.15) is 11.3 Å². The number of nitrogens with one attached hydrogen (secondary N) is 2. The summed E-state index contributed by atoms with van der Waals surface area (Å²) in [7, 11) is 0. The molecule has 2 aromatic heterocycles. The summed E-state index contributed by atoms with van der Waals surface area (Å²) in [5.74, 6) is 1.33. The van der Waals surface area contributed by atoms with Crippen molar-refractivity contribution in [1.82, 2.24) is 14.7 Å². The summed E-state index contributed by atoms with van der Waals surface area (Å²) in [5.41, 5.74) is 3.45. The standard InChI is InChI=1S/C18H18N4O3/c1-12-4-5-22-11-14(20-17(22)8-12)10-19-18(23)21-13-2-3-15-16(9-13)25-7-6-24-15/h2-5,8-9,11H,6-7,10H2,1H3,(H2,19,21,23). The fourth-order valence-corrected chi connectivity index (χ4v) is 2.69. The minimum atomic E-state index is -0.301. The molecule has 1 aliphatic heterocycles. The maximum absolute atomic E-state index is 12.1. The second kappa shape index (κ2) is 6.35. The molecule has 0 bridgehead atoms. The lowest BCUT2D eigenvalue weighted by molar-refractivity contribution is 0.171. The van der Waals surface area contributed by atoms with Gasteiger partial charge in [0.2, 0.25) is 0 Å². The van der Waals surface area contributed by atoms with Crippen molar-refractivity contribution in [2.24, 2.45) is 0 Å². The molecule has 7 nitrogen and oxygen atoms in total. The van der Waals surface area contributed by atoms with Crippen molar-refractivity contribution in [2.75, 3.05) is 18.5 Å². The van der Waals surface area contributed by atoms with E-state index in [0.717, 1.165) is 16.9 Å². The van der Waals surface area contributed by atoms with E-state index in [0.29, 0.717) is 36.9 Å². The second-order valence-corrected chi connectivity index (χ2v) is 5.87. The number of carbonyl (C=O) groups is 1. The van der Waals surface area contributed by atoms with Gasteiger partial charge in [-0.15, -0.1) is 0 Å². The smallest absolute Gasteiger partial charge is 0.319 e. The quantitative estimate of drug-likeness (QED) is 0.770. The molecule has 0 saturated heterocycles. The molecule has 2 amide bonds. The highest BCUT2D eigenvalue weighted by atomic mass is 16.6. The predicted octanol–water partition coefficient (Wildman–Crippen LogP) is 2.74. The Morgan fingerprint density at radius 2 is 2.04 bits per heavy atom. The van der Waals surface area contributed by atoms with Crippen LogP contribution in [-0.4, -0.2) is 28.6 Å². The zero-order chi connectivity index (χ0) is 17.2. The third-order valence-corrected chi connectivity index (χ3v) is 3.90. The van der Waals surface area contributed by atoms with E-state index in [1.165, 1.54) is 0 Å². The van der Waals surface area contributed by atoms with Crippen molar-refractivity contribution < 1.29 is 14.3 Å². The molecule has 0 saturated carbocycles. The largest absolute Gasteiger partial charge is 0.486 e. The van der Waals surface area contributed by atoms with Crippen molar-refractivity contribution in [3.05, 3.63) is 54.0 Å². The van der Waals surface area contributed by atoms with Gasteiger partial charge in [0.15, 0.2) is 11.5 Å². The highest BCUT2D eigenvalue weighted by Gasteiger charge is 2.13. The Bertz CT molecular complexity index is 935. The molecular formula is C18H18N4O3. The summed E-state index contributed by atoms with van der Waals surface area (Å²) in [6.45, 7) is 3.42. The number of hydrogen-bond acceptors (Lipinski definition) is 4. The number of pyridine rings is 1. The van der Waals surface area contributed by atoms with Gasteiger partial charge >= 0.3 is 6.03 Å². The minimum Gasteiger partial charge on any atom is -0.486 e. The van der Waals surface area contributed by atoms with Gasteiger partial charge in [-0.1, -0.05) is 0 Å². The van der Waals surface area contributed by atoms with Gasteiger partial charge in [-0.25, -0.2) is 9.78 Å². The average molecular weight is 338 g/mol. The second-order valence-electron chi connectivity index (χ2n) is 5.87. The van der Waals surface area contributed by atoms with Gasteiger partial charge < -0.3 is 24.5 Å². The first-order chi connectivity index (χ1) is 12.2. The Morgan fingerprint density at radius 3 is 2.92 bits per heavy atom. The number of anilines is 1. The maximum Gasteiger partial charge on any atom is 0.319 e. The van der Waals surface area contributed by atoms with E-state index in [2.05, 4.69) is 15.6 Å². The van der Waals surface area contributed by atoms with Crippen molar-refractivity contribution in [1.29, 1.82) is 0 Å². The molecule has 4 rings (SSSR count). The fourth-order valence-electron chi connectivity index (χ4n) is 2.69. The van der Waals surface area contributed by atoms with E-state index in [-0.39, 0.29) is 6.03 Å². The summed E-state index contributed by atoms with van der Waals surface area (Å²) < 4.78 is 12.9. The van der Waals surface area contributed by atoms with Crippen LogP contribution < -0.4 is 20.1 Å². The molecule has 0 radical (unpaired) electrons. The molecule has 3 heterocycles. The fraction of sp³-hybridized carbons (Fsp3) is 0.222. The zero-order valence-corrected chi connectivity index (χ0v) is 13.8. The topological polar surface area (TPSA) is 76.9 Å². The minimum absolute atomic E-state index is 0.301. The van der Waals surface area contributed by atoms with Gasteiger partial charge in [-0.05, 0) is 36.8 Å². The lowest BCUT2D eigenvalue weighted by Crippen LogP contribution is -2.28. The number of imidazole rings is 1. The first-order valence-electron chi connectivity index (χ1n) is 8.06. The van der Waals surface area contributed by atoms with Crippen LogP contribution in [0.25, 0.3) is 5.65 Å². The van der Waals surface area contributed by atoms with Gasteiger partial charge in [-0.2, -0.15) is 0 Å². The number of ether oxygens (including phenoxy) is 2. The molecule has 128 valence electrons. The van der Waals surface area contributed by atoms with Crippen LogP contribution in [0.3, 0.4) is 0 Å². The number of benzene rings is 1. The summed E-state index contributed by atoms with van der Waals surface area (Å²) in [6, 6.07) is 9.03. The van der Waals surface area contributed by atoms with Crippen molar-refractivity contribution in [3.63, 3.8) is 0 Å². The number of fused-ring (bicyclic) bond motifs is 2. The zero-order valence-electron chi connectivity index (χ0n) is 13.8. The summed E-state index contributed by atoms with van der Waals surface area (Å²) in [4.78, 5) is 16.6. The van der Waals surface area contributed by atoms with Crippen molar-refractivity contribution in [3.8, 4) is 11.5 Å². The average Bonchev–Trinajstić information content (AvgIpc) is 3.02. The van der Waals surface area contributed by atoms with Crippen molar-refractivity contribution in [2.45, 2.75) is 13.5 Å². The van der Waals surface area contributed by atoms with Crippen LogP contribution in [-0.2, 0) is 6.54 Å². The summed E-state index contributed by atoms with van der Waals surface area (Å²) in [6.07, 6.45) is 3.86. The molecule has 25 heavy (non-hydrogen) atoms. The molecule has 0 unspecified atom stereocenters. The van der Waals surface area contributed by atoms with E-state index in [1.54, 1.807) is 18.2 Å². The summed E-state index contributed by atoms with van der Waals surface area (Å²) in [5, 5.41) is 5.59. The SMILES string of the molecule is Cc1ccn2cc(CNC(=O)Nc3ccc4c(c3)OCCO4)nc2c1. The number of amides is 2. The monoisotopic (exact) mass is 338 g/mol. The van der Waals surface area contributed by atoms with Gasteiger partial charge in [-0.3, -0.25) is 0 Å². The first kappa shape index (κ1) is 15.3. The van der Waals surface area contributed by atoms with Crippen LogP contribution in [0, 0.1) is 6.92 Å². The van der Waals surface area contributed by atoms with Crippen LogP contribution in [0.15, 0.2) is 42.7 Å². The number of carbonyl (C=O) groups excluding carboxylic acids is 1. The Balaban J connectivity index is 1.38. The molecule has 7 heteroatoms. The number of aromatic nitrogens is 2. The molecular weight excluding hydrogens is 320 g/mol. The van der Waals surface area contributed by atoms with E-state index in [9.17, 15) is 4.79 Å². The third-order valence-electron chi connectivity index (χ3n) is 3.90. The molecule has 1 aliphatic rings. The highest BCUT2D eigenvalue weighted by Crippen LogP contribution is 2.32. The van der Waals surface area contributed by atoms with E-state index >= 15 is 0 Å². The summed E-state index contributed by atoms with van der Waals surface area (Å²) >= 11 is 0. The Labute approximate surface area is 144 Å².